The lowest BCUT2D eigenvalue weighted by Crippen LogP contribution is -2.55. The number of rotatable bonds is 3. The number of fused-ring (bicyclic) bond motifs is 1. The van der Waals surface area contributed by atoms with Crippen molar-refractivity contribution in [2.24, 2.45) is 0 Å². The Morgan fingerprint density at radius 1 is 1.12 bits per heavy atom. The third kappa shape index (κ3) is 4.30. The SMILES string of the molecule is C[C@@H]1CCc2ncnc(N3CCN(C(=O)[C@@]4(c5ccc(Cl)cc5)CCNC4)CC3)c21.Cl.Cl. The molecule has 0 bridgehead atoms. The van der Waals surface area contributed by atoms with E-state index in [0.717, 1.165) is 63.4 Å². The summed E-state index contributed by atoms with van der Waals surface area (Å²) in [6.45, 7) is 6.88. The Kier molecular flexibility index (Phi) is 7.92. The zero-order valence-corrected chi connectivity index (χ0v) is 20.6. The van der Waals surface area contributed by atoms with Crippen LogP contribution in [-0.2, 0) is 16.6 Å². The zero-order chi connectivity index (χ0) is 20.7. The Hall–Kier alpha value is -1.60. The molecule has 0 unspecified atom stereocenters. The van der Waals surface area contributed by atoms with Crippen molar-refractivity contribution >= 4 is 48.1 Å². The number of carbonyl (C=O) groups excluding carboxylic acids is 1. The molecule has 1 N–H and O–H groups in total. The largest absolute Gasteiger partial charge is 0.353 e. The third-order valence-corrected chi connectivity index (χ3v) is 7.33. The molecule has 2 saturated heterocycles. The summed E-state index contributed by atoms with van der Waals surface area (Å²) >= 11 is 6.09. The Morgan fingerprint density at radius 3 is 2.50 bits per heavy atom. The topological polar surface area (TPSA) is 61.4 Å². The molecule has 0 radical (unpaired) electrons. The number of anilines is 1. The lowest BCUT2D eigenvalue weighted by Gasteiger charge is -2.40. The highest BCUT2D eigenvalue weighted by molar-refractivity contribution is 6.30. The fourth-order valence-corrected chi connectivity index (χ4v) is 5.44. The first-order valence-electron chi connectivity index (χ1n) is 10.9. The Labute approximate surface area is 206 Å². The van der Waals surface area contributed by atoms with Crippen molar-refractivity contribution in [1.29, 1.82) is 0 Å². The molecule has 1 aromatic carbocycles. The standard InChI is InChI=1S/C23H28ClN5O.2ClH/c1-16-2-7-19-20(16)21(27-15-26-19)28-10-12-29(13-11-28)22(30)23(8-9-25-14-23)17-3-5-18(24)6-4-17;;/h3-6,15-16,25H,2,7-14H2,1H3;2*1H/t16-,23+;;/m1../s1. The number of aryl methyl sites for hydroxylation is 1. The van der Waals surface area contributed by atoms with Crippen molar-refractivity contribution in [2.75, 3.05) is 44.2 Å². The van der Waals surface area contributed by atoms with Crippen LogP contribution < -0.4 is 10.2 Å². The predicted octanol–water partition coefficient (Wildman–Crippen LogP) is 3.60. The van der Waals surface area contributed by atoms with Gasteiger partial charge in [-0.25, -0.2) is 9.97 Å². The summed E-state index contributed by atoms with van der Waals surface area (Å²) in [5.74, 6) is 1.82. The van der Waals surface area contributed by atoms with Crippen molar-refractivity contribution in [1.82, 2.24) is 20.2 Å². The second kappa shape index (κ2) is 10.1. The van der Waals surface area contributed by atoms with E-state index in [-0.39, 0.29) is 30.7 Å². The van der Waals surface area contributed by atoms with Crippen LogP contribution in [0.3, 0.4) is 0 Å². The molecule has 3 heterocycles. The second-order valence-electron chi connectivity index (χ2n) is 8.79. The summed E-state index contributed by atoms with van der Waals surface area (Å²) in [5, 5.41) is 4.11. The van der Waals surface area contributed by atoms with E-state index in [2.05, 4.69) is 27.1 Å². The first-order chi connectivity index (χ1) is 14.6. The van der Waals surface area contributed by atoms with Gasteiger partial charge in [0.05, 0.1) is 5.41 Å². The van der Waals surface area contributed by atoms with E-state index in [0.29, 0.717) is 17.5 Å². The highest BCUT2D eigenvalue weighted by Crippen LogP contribution is 2.38. The van der Waals surface area contributed by atoms with E-state index in [1.54, 1.807) is 6.33 Å². The van der Waals surface area contributed by atoms with Gasteiger partial charge in [0.15, 0.2) is 0 Å². The van der Waals surface area contributed by atoms with Gasteiger partial charge in [-0.15, -0.1) is 24.8 Å². The number of halogens is 3. The van der Waals surface area contributed by atoms with E-state index in [1.807, 2.05) is 29.2 Å². The van der Waals surface area contributed by atoms with Crippen LogP contribution in [0.15, 0.2) is 30.6 Å². The average molecular weight is 499 g/mol. The quantitative estimate of drug-likeness (QED) is 0.701. The molecule has 1 amide bonds. The lowest BCUT2D eigenvalue weighted by atomic mass is 9.78. The number of amides is 1. The molecule has 3 aliphatic rings. The van der Waals surface area contributed by atoms with Gasteiger partial charge >= 0.3 is 0 Å². The molecule has 2 fully saturated rings. The molecule has 0 saturated carbocycles. The van der Waals surface area contributed by atoms with Crippen LogP contribution in [0.1, 0.15) is 42.5 Å². The highest BCUT2D eigenvalue weighted by atomic mass is 35.5. The summed E-state index contributed by atoms with van der Waals surface area (Å²) in [7, 11) is 0. The summed E-state index contributed by atoms with van der Waals surface area (Å²) in [6, 6.07) is 7.79. The van der Waals surface area contributed by atoms with Gasteiger partial charge in [0.25, 0.3) is 0 Å². The minimum absolute atomic E-state index is 0. The Bertz CT molecular complexity index is 941. The molecule has 1 aromatic heterocycles. The van der Waals surface area contributed by atoms with Gasteiger partial charge < -0.3 is 15.1 Å². The minimum atomic E-state index is -0.489. The van der Waals surface area contributed by atoms with Crippen LogP contribution in [0.5, 0.6) is 0 Å². The summed E-state index contributed by atoms with van der Waals surface area (Å²) in [6.07, 6.45) is 4.71. The number of hydrogen-bond donors (Lipinski definition) is 1. The van der Waals surface area contributed by atoms with Crippen molar-refractivity contribution < 1.29 is 4.79 Å². The van der Waals surface area contributed by atoms with Gasteiger partial charge in [-0.05, 0) is 49.4 Å². The van der Waals surface area contributed by atoms with Crippen molar-refractivity contribution in [3.63, 3.8) is 0 Å². The van der Waals surface area contributed by atoms with E-state index in [4.69, 9.17) is 11.6 Å². The third-order valence-electron chi connectivity index (χ3n) is 7.08. The maximum atomic E-state index is 13.7. The molecule has 2 atom stereocenters. The molecule has 9 heteroatoms. The first kappa shape index (κ1) is 25.0. The van der Waals surface area contributed by atoms with Gasteiger partial charge in [-0.1, -0.05) is 30.7 Å². The summed E-state index contributed by atoms with van der Waals surface area (Å²) < 4.78 is 0. The monoisotopic (exact) mass is 497 g/mol. The van der Waals surface area contributed by atoms with E-state index in [1.165, 1.54) is 11.3 Å². The van der Waals surface area contributed by atoms with Gasteiger partial charge in [0.2, 0.25) is 5.91 Å². The molecule has 5 rings (SSSR count). The number of piperazine rings is 1. The van der Waals surface area contributed by atoms with Crippen LogP contribution >= 0.6 is 36.4 Å². The van der Waals surface area contributed by atoms with Gasteiger partial charge in [0.1, 0.15) is 12.1 Å². The highest BCUT2D eigenvalue weighted by Gasteiger charge is 2.45. The zero-order valence-electron chi connectivity index (χ0n) is 18.2. The molecule has 2 aliphatic heterocycles. The second-order valence-corrected chi connectivity index (χ2v) is 9.23. The molecule has 2 aromatic rings. The Morgan fingerprint density at radius 2 is 1.84 bits per heavy atom. The maximum absolute atomic E-state index is 13.7. The number of nitrogens with one attached hydrogen (secondary N) is 1. The van der Waals surface area contributed by atoms with Gasteiger partial charge in [-0.2, -0.15) is 0 Å². The number of hydrogen-bond acceptors (Lipinski definition) is 5. The minimum Gasteiger partial charge on any atom is -0.353 e. The van der Waals surface area contributed by atoms with Crippen LogP contribution in [0.4, 0.5) is 5.82 Å². The van der Waals surface area contributed by atoms with Crippen LogP contribution in [0.25, 0.3) is 0 Å². The van der Waals surface area contributed by atoms with Gasteiger partial charge in [-0.3, -0.25) is 4.79 Å². The van der Waals surface area contributed by atoms with Crippen molar-refractivity contribution in [3.8, 4) is 0 Å². The smallest absolute Gasteiger partial charge is 0.234 e. The fourth-order valence-electron chi connectivity index (χ4n) is 5.31. The Balaban J connectivity index is 0.00000144. The van der Waals surface area contributed by atoms with Crippen molar-refractivity contribution in [3.05, 3.63) is 52.4 Å². The predicted molar refractivity (Wildman–Crippen MR) is 133 cm³/mol. The van der Waals surface area contributed by atoms with Crippen molar-refractivity contribution in [2.45, 2.75) is 37.5 Å². The fraction of sp³-hybridized carbons (Fsp3) is 0.522. The number of carbonyl (C=O) groups is 1. The molecular formula is C23H30Cl3N5O. The van der Waals surface area contributed by atoms with E-state index in [9.17, 15) is 4.79 Å². The number of nitrogens with zero attached hydrogens (tertiary/aromatic N) is 4. The number of benzene rings is 1. The molecule has 32 heavy (non-hydrogen) atoms. The maximum Gasteiger partial charge on any atom is 0.234 e. The molecule has 0 spiro atoms. The van der Waals surface area contributed by atoms with E-state index >= 15 is 0 Å². The summed E-state index contributed by atoms with van der Waals surface area (Å²) in [4.78, 5) is 27.2. The molecule has 6 nitrogen and oxygen atoms in total. The first-order valence-corrected chi connectivity index (χ1v) is 11.3. The molecule has 174 valence electrons. The number of aromatic nitrogens is 2. The van der Waals surface area contributed by atoms with Crippen LogP contribution in [0, 0.1) is 0 Å². The lowest BCUT2D eigenvalue weighted by molar-refractivity contribution is -0.137. The summed E-state index contributed by atoms with van der Waals surface area (Å²) in [5.41, 5.74) is 3.09. The van der Waals surface area contributed by atoms with Crippen LogP contribution in [0.2, 0.25) is 5.02 Å². The van der Waals surface area contributed by atoms with Crippen LogP contribution in [-0.4, -0.2) is 60.0 Å². The van der Waals surface area contributed by atoms with Gasteiger partial charge in [0, 0.05) is 49.0 Å². The molecular weight excluding hydrogens is 469 g/mol. The normalized spacial score (nSPS) is 24.5. The van der Waals surface area contributed by atoms with E-state index < -0.39 is 5.41 Å². The average Bonchev–Trinajstić information content (AvgIpc) is 3.42. The molecule has 1 aliphatic carbocycles.